The predicted molar refractivity (Wildman–Crippen MR) is 75.5 cm³/mol. The van der Waals surface area contributed by atoms with Gasteiger partial charge in [0, 0.05) is 0 Å². The number of aromatic carboxylic acids is 1. The van der Waals surface area contributed by atoms with Gasteiger partial charge in [-0.05, 0) is 36.2 Å². The van der Waals surface area contributed by atoms with Gasteiger partial charge in [-0.3, -0.25) is 0 Å². The average Bonchev–Trinajstić information content (AvgIpc) is 2.46. The highest BCUT2D eigenvalue weighted by molar-refractivity contribution is 5.88. The fourth-order valence-corrected chi connectivity index (χ4v) is 1.85. The van der Waals surface area contributed by atoms with Crippen molar-refractivity contribution in [3.05, 3.63) is 59.2 Å². The maximum Gasteiger partial charge on any atom is 0.335 e. The summed E-state index contributed by atoms with van der Waals surface area (Å²) in [5.41, 5.74) is 2.40. The summed E-state index contributed by atoms with van der Waals surface area (Å²) < 4.78 is 10.9. The highest BCUT2D eigenvalue weighted by Crippen LogP contribution is 2.29. The molecule has 4 nitrogen and oxygen atoms in total. The summed E-state index contributed by atoms with van der Waals surface area (Å²) in [6, 6.07) is 12.5. The molecule has 0 aliphatic heterocycles. The van der Waals surface area contributed by atoms with E-state index in [9.17, 15) is 4.79 Å². The van der Waals surface area contributed by atoms with Gasteiger partial charge >= 0.3 is 5.97 Å². The summed E-state index contributed by atoms with van der Waals surface area (Å²) in [6.45, 7) is 2.43. The summed E-state index contributed by atoms with van der Waals surface area (Å²) in [5.74, 6) is -0.0482. The molecule has 2 aromatic carbocycles. The van der Waals surface area contributed by atoms with Crippen LogP contribution < -0.4 is 9.47 Å². The molecule has 0 saturated heterocycles. The molecule has 0 amide bonds. The number of carboxylic acid groups (broad SMARTS) is 1. The standard InChI is InChI=1S/C16H16O4/c1-11-5-3-4-6-13(11)10-20-14-8-7-12(16(17)18)9-15(14)19-2/h3-9H,10H2,1-2H3,(H,17,18). The Morgan fingerprint density at radius 3 is 2.55 bits per heavy atom. The van der Waals surface area contributed by atoms with E-state index in [1.165, 1.54) is 19.2 Å². The van der Waals surface area contributed by atoms with Crippen LogP contribution in [-0.2, 0) is 6.61 Å². The smallest absolute Gasteiger partial charge is 0.335 e. The monoisotopic (exact) mass is 272 g/mol. The largest absolute Gasteiger partial charge is 0.493 e. The van der Waals surface area contributed by atoms with E-state index in [-0.39, 0.29) is 5.56 Å². The van der Waals surface area contributed by atoms with E-state index in [4.69, 9.17) is 14.6 Å². The summed E-state index contributed by atoms with van der Waals surface area (Å²) in [6.07, 6.45) is 0. The van der Waals surface area contributed by atoms with Gasteiger partial charge in [-0.2, -0.15) is 0 Å². The van der Waals surface area contributed by atoms with E-state index in [1.54, 1.807) is 6.07 Å². The van der Waals surface area contributed by atoms with Crippen LogP contribution >= 0.6 is 0 Å². The topological polar surface area (TPSA) is 55.8 Å². The van der Waals surface area contributed by atoms with Gasteiger partial charge in [0.2, 0.25) is 0 Å². The summed E-state index contributed by atoms with van der Waals surface area (Å²) in [4.78, 5) is 10.9. The van der Waals surface area contributed by atoms with Crippen molar-refractivity contribution in [3.63, 3.8) is 0 Å². The minimum atomic E-state index is -0.992. The van der Waals surface area contributed by atoms with Crippen molar-refractivity contribution in [2.75, 3.05) is 7.11 Å². The SMILES string of the molecule is COc1cc(C(=O)O)ccc1OCc1ccccc1C. The Kier molecular flexibility index (Phi) is 4.25. The van der Waals surface area contributed by atoms with Crippen LogP contribution in [0.2, 0.25) is 0 Å². The van der Waals surface area contributed by atoms with E-state index in [1.807, 2.05) is 31.2 Å². The van der Waals surface area contributed by atoms with Crippen molar-refractivity contribution in [1.82, 2.24) is 0 Å². The number of methoxy groups -OCH3 is 1. The molecule has 104 valence electrons. The molecule has 2 rings (SSSR count). The van der Waals surface area contributed by atoms with E-state index in [0.29, 0.717) is 18.1 Å². The van der Waals surface area contributed by atoms with Crippen molar-refractivity contribution >= 4 is 5.97 Å². The van der Waals surface area contributed by atoms with Crippen molar-refractivity contribution in [2.45, 2.75) is 13.5 Å². The van der Waals surface area contributed by atoms with Gasteiger partial charge in [-0.25, -0.2) is 4.79 Å². The van der Waals surface area contributed by atoms with Crippen molar-refractivity contribution in [3.8, 4) is 11.5 Å². The number of carbonyl (C=O) groups is 1. The molecule has 0 unspecified atom stereocenters. The maximum absolute atomic E-state index is 10.9. The molecule has 0 aliphatic carbocycles. The lowest BCUT2D eigenvalue weighted by Gasteiger charge is -2.12. The number of rotatable bonds is 5. The summed E-state index contributed by atoms with van der Waals surface area (Å²) >= 11 is 0. The van der Waals surface area contributed by atoms with Gasteiger partial charge in [-0.15, -0.1) is 0 Å². The highest BCUT2D eigenvalue weighted by atomic mass is 16.5. The third kappa shape index (κ3) is 3.09. The van der Waals surface area contributed by atoms with Gasteiger partial charge in [0.25, 0.3) is 0 Å². The van der Waals surface area contributed by atoms with Crippen molar-refractivity contribution in [2.24, 2.45) is 0 Å². The number of hydrogen-bond acceptors (Lipinski definition) is 3. The molecule has 1 N–H and O–H groups in total. The van der Waals surface area contributed by atoms with Gasteiger partial charge in [0.1, 0.15) is 6.61 Å². The lowest BCUT2D eigenvalue weighted by atomic mass is 10.1. The van der Waals surface area contributed by atoms with E-state index < -0.39 is 5.97 Å². The molecule has 0 aliphatic rings. The summed E-state index contributed by atoms with van der Waals surface area (Å²) in [7, 11) is 1.49. The first-order chi connectivity index (χ1) is 9.61. The first-order valence-electron chi connectivity index (χ1n) is 6.20. The third-order valence-electron chi connectivity index (χ3n) is 3.06. The Hall–Kier alpha value is -2.49. The quantitative estimate of drug-likeness (QED) is 0.907. The van der Waals surface area contributed by atoms with Crippen LogP contribution in [-0.4, -0.2) is 18.2 Å². The predicted octanol–water partition coefficient (Wildman–Crippen LogP) is 3.28. The molecule has 4 heteroatoms. The van der Waals surface area contributed by atoms with Crippen LogP contribution in [0.25, 0.3) is 0 Å². The van der Waals surface area contributed by atoms with Gasteiger partial charge < -0.3 is 14.6 Å². The minimum absolute atomic E-state index is 0.171. The molecular formula is C16H16O4. The molecule has 2 aromatic rings. The molecule has 0 fully saturated rings. The number of hydrogen-bond donors (Lipinski definition) is 1. The van der Waals surface area contributed by atoms with Gasteiger partial charge in [-0.1, -0.05) is 24.3 Å². The van der Waals surface area contributed by atoms with E-state index in [2.05, 4.69) is 0 Å². The Morgan fingerprint density at radius 2 is 1.90 bits per heavy atom. The number of ether oxygens (including phenoxy) is 2. The highest BCUT2D eigenvalue weighted by Gasteiger charge is 2.10. The third-order valence-corrected chi connectivity index (χ3v) is 3.06. The lowest BCUT2D eigenvalue weighted by Crippen LogP contribution is -2.01. The Morgan fingerprint density at radius 1 is 1.15 bits per heavy atom. The Balaban J connectivity index is 2.17. The molecule has 0 atom stereocenters. The molecule has 0 radical (unpaired) electrons. The average molecular weight is 272 g/mol. The molecular weight excluding hydrogens is 256 g/mol. The summed E-state index contributed by atoms with van der Waals surface area (Å²) in [5, 5.41) is 8.94. The number of aryl methyl sites for hydroxylation is 1. The molecule has 0 heterocycles. The van der Waals surface area contributed by atoms with E-state index >= 15 is 0 Å². The van der Waals surface area contributed by atoms with Gasteiger partial charge in [0.05, 0.1) is 12.7 Å². The Labute approximate surface area is 117 Å². The lowest BCUT2D eigenvalue weighted by molar-refractivity contribution is 0.0696. The molecule has 0 saturated carbocycles. The number of carboxylic acids is 1. The zero-order chi connectivity index (χ0) is 14.5. The second kappa shape index (κ2) is 6.10. The van der Waals surface area contributed by atoms with Crippen LogP contribution in [0.3, 0.4) is 0 Å². The maximum atomic E-state index is 10.9. The van der Waals surface area contributed by atoms with Crippen LogP contribution in [0.5, 0.6) is 11.5 Å². The second-order valence-electron chi connectivity index (χ2n) is 4.39. The number of benzene rings is 2. The zero-order valence-electron chi connectivity index (χ0n) is 11.4. The first-order valence-corrected chi connectivity index (χ1v) is 6.20. The van der Waals surface area contributed by atoms with E-state index in [0.717, 1.165) is 11.1 Å². The minimum Gasteiger partial charge on any atom is -0.493 e. The molecule has 0 bridgehead atoms. The van der Waals surface area contributed by atoms with Crippen molar-refractivity contribution < 1.29 is 19.4 Å². The normalized spacial score (nSPS) is 10.1. The van der Waals surface area contributed by atoms with Crippen LogP contribution in [0.1, 0.15) is 21.5 Å². The fourth-order valence-electron chi connectivity index (χ4n) is 1.85. The molecule has 0 aromatic heterocycles. The molecule has 0 spiro atoms. The van der Waals surface area contributed by atoms with Crippen LogP contribution in [0.4, 0.5) is 0 Å². The van der Waals surface area contributed by atoms with Crippen LogP contribution in [0, 0.1) is 6.92 Å². The van der Waals surface area contributed by atoms with Crippen LogP contribution in [0.15, 0.2) is 42.5 Å². The second-order valence-corrected chi connectivity index (χ2v) is 4.39. The van der Waals surface area contributed by atoms with Crippen molar-refractivity contribution in [1.29, 1.82) is 0 Å². The molecule has 20 heavy (non-hydrogen) atoms. The van der Waals surface area contributed by atoms with Gasteiger partial charge in [0.15, 0.2) is 11.5 Å². The fraction of sp³-hybridized carbons (Fsp3) is 0.188. The first kappa shape index (κ1) is 13.9. The Bertz CT molecular complexity index is 620. The zero-order valence-corrected chi connectivity index (χ0v) is 11.4.